The molecule has 5 nitrogen and oxygen atoms in total. The van der Waals surface area contributed by atoms with Gasteiger partial charge in [-0.3, -0.25) is 9.59 Å². The number of hydrogen-bond acceptors (Lipinski definition) is 3. The summed E-state index contributed by atoms with van der Waals surface area (Å²) in [6.07, 6.45) is 0.301. The number of likely N-dealkylation sites (N-methyl/N-ethyl adjacent to an activating group) is 1. The number of carbonyl (C=O) groups excluding carboxylic acids is 2. The fraction of sp³-hybridized carbons (Fsp3) is 0.310. The second-order valence-corrected chi connectivity index (χ2v) is 8.69. The van der Waals surface area contributed by atoms with E-state index in [1.807, 2.05) is 61.5 Å². The first-order valence-corrected chi connectivity index (χ1v) is 12.0. The first-order valence-electron chi connectivity index (χ1n) is 12.0. The highest BCUT2D eigenvalue weighted by molar-refractivity contribution is 5.88. The molecule has 0 radical (unpaired) electrons. The molecule has 0 aliphatic heterocycles. The quantitative estimate of drug-likeness (QED) is 0.419. The molecule has 2 amide bonds. The van der Waals surface area contributed by atoms with Gasteiger partial charge in [0.15, 0.2) is 6.61 Å². The van der Waals surface area contributed by atoms with Gasteiger partial charge in [0.1, 0.15) is 17.6 Å². The van der Waals surface area contributed by atoms with E-state index in [1.54, 1.807) is 18.2 Å². The molecule has 6 heteroatoms. The predicted molar refractivity (Wildman–Crippen MR) is 136 cm³/mol. The molecule has 0 spiro atoms. The van der Waals surface area contributed by atoms with Gasteiger partial charge in [-0.1, -0.05) is 80.6 Å². The minimum absolute atomic E-state index is 0.0463. The largest absolute Gasteiger partial charge is 0.483 e. The molecule has 0 aliphatic rings. The number of halogens is 1. The topological polar surface area (TPSA) is 58.6 Å². The highest BCUT2D eigenvalue weighted by Crippen LogP contribution is 2.26. The molecule has 3 aromatic rings. The summed E-state index contributed by atoms with van der Waals surface area (Å²) in [6.45, 7) is 6.05. The lowest BCUT2D eigenvalue weighted by atomic mass is 10.0. The van der Waals surface area contributed by atoms with Crippen LogP contribution in [0, 0.1) is 5.82 Å². The van der Waals surface area contributed by atoms with Gasteiger partial charge in [0.05, 0.1) is 0 Å². The molecule has 0 unspecified atom stereocenters. The first-order chi connectivity index (χ1) is 16.9. The Labute approximate surface area is 206 Å². The molecule has 0 bridgehead atoms. The van der Waals surface area contributed by atoms with Crippen molar-refractivity contribution in [3.8, 4) is 5.75 Å². The molecule has 3 aromatic carbocycles. The van der Waals surface area contributed by atoms with E-state index >= 15 is 0 Å². The second-order valence-electron chi connectivity index (χ2n) is 8.69. The third-order valence-corrected chi connectivity index (χ3v) is 5.81. The van der Waals surface area contributed by atoms with Crippen molar-refractivity contribution in [3.05, 3.63) is 101 Å². The highest BCUT2D eigenvalue weighted by atomic mass is 19.1. The van der Waals surface area contributed by atoms with E-state index in [9.17, 15) is 14.0 Å². The van der Waals surface area contributed by atoms with E-state index in [4.69, 9.17) is 4.74 Å². The minimum Gasteiger partial charge on any atom is -0.483 e. The number of ether oxygens (including phenoxy) is 1. The first kappa shape index (κ1) is 25.9. The molecule has 184 valence electrons. The van der Waals surface area contributed by atoms with E-state index in [1.165, 1.54) is 11.0 Å². The van der Waals surface area contributed by atoms with Gasteiger partial charge >= 0.3 is 0 Å². The monoisotopic (exact) mass is 476 g/mol. The average Bonchev–Trinajstić information content (AvgIpc) is 2.86. The second kappa shape index (κ2) is 12.7. The van der Waals surface area contributed by atoms with Crippen LogP contribution in [0.25, 0.3) is 0 Å². The highest BCUT2D eigenvalue weighted by Gasteiger charge is 2.31. The number of hydrogen-bond donors (Lipinski definition) is 1. The van der Waals surface area contributed by atoms with E-state index in [-0.39, 0.29) is 30.9 Å². The van der Waals surface area contributed by atoms with Gasteiger partial charge in [0.2, 0.25) is 5.91 Å². The number of carbonyl (C=O) groups is 2. The Morgan fingerprint density at radius 1 is 0.943 bits per heavy atom. The van der Waals surface area contributed by atoms with Gasteiger partial charge in [-0.2, -0.15) is 0 Å². The number of para-hydroxylation sites is 1. The summed E-state index contributed by atoms with van der Waals surface area (Å²) in [6, 6.07) is 22.5. The van der Waals surface area contributed by atoms with Gasteiger partial charge in [-0.25, -0.2) is 4.39 Å². The van der Waals surface area contributed by atoms with Crippen molar-refractivity contribution in [3.63, 3.8) is 0 Å². The summed E-state index contributed by atoms with van der Waals surface area (Å²) in [4.78, 5) is 28.1. The Bertz CT molecular complexity index is 1120. The van der Waals surface area contributed by atoms with Crippen LogP contribution in [0.4, 0.5) is 4.39 Å². The Kier molecular flexibility index (Phi) is 9.41. The number of nitrogens with one attached hydrogen (secondary N) is 1. The maximum Gasteiger partial charge on any atom is 0.261 e. The molecule has 3 rings (SSSR count). The lowest BCUT2D eigenvalue weighted by Crippen LogP contribution is -2.51. The van der Waals surface area contributed by atoms with Crippen LogP contribution in [0.2, 0.25) is 0 Å². The van der Waals surface area contributed by atoms with Gasteiger partial charge in [-0.15, -0.1) is 0 Å². The van der Waals surface area contributed by atoms with Crippen molar-refractivity contribution in [2.24, 2.45) is 0 Å². The summed E-state index contributed by atoms with van der Waals surface area (Å²) >= 11 is 0. The zero-order valence-electron chi connectivity index (χ0n) is 20.5. The predicted octanol–water partition coefficient (Wildman–Crippen LogP) is 5.10. The van der Waals surface area contributed by atoms with Crippen LogP contribution in [0.15, 0.2) is 78.9 Å². The lowest BCUT2D eigenvalue weighted by Gasteiger charge is -2.31. The summed E-state index contributed by atoms with van der Waals surface area (Å²) in [7, 11) is 0. The smallest absolute Gasteiger partial charge is 0.261 e. The van der Waals surface area contributed by atoms with Crippen LogP contribution in [0.5, 0.6) is 5.75 Å². The Morgan fingerprint density at radius 2 is 1.60 bits per heavy atom. The van der Waals surface area contributed by atoms with Gasteiger partial charge in [0.25, 0.3) is 5.91 Å². The van der Waals surface area contributed by atoms with Crippen molar-refractivity contribution in [2.45, 2.75) is 45.7 Å². The van der Waals surface area contributed by atoms with Crippen molar-refractivity contribution in [1.82, 2.24) is 10.2 Å². The summed E-state index contributed by atoms with van der Waals surface area (Å²) in [5.41, 5.74) is 2.23. The summed E-state index contributed by atoms with van der Waals surface area (Å²) < 4.78 is 20.5. The minimum atomic E-state index is -0.826. The molecular weight excluding hydrogens is 443 g/mol. The standard InChI is InChI=1S/C29H33FN2O3/c1-4-31-29(34)26(18-22-12-6-5-7-13-22)32(19-23-14-8-10-16-25(23)30)28(33)20-35-27-17-11-9-15-24(27)21(2)3/h5-17,21,26H,4,18-20H2,1-3H3,(H,31,34)/t26-/m1/s1. The van der Waals surface area contributed by atoms with E-state index in [0.29, 0.717) is 24.3 Å². The zero-order valence-corrected chi connectivity index (χ0v) is 20.5. The van der Waals surface area contributed by atoms with Gasteiger partial charge in [-0.05, 0) is 36.1 Å². The van der Waals surface area contributed by atoms with Crippen LogP contribution in [0.1, 0.15) is 43.4 Å². The zero-order chi connectivity index (χ0) is 25.2. The fourth-order valence-electron chi connectivity index (χ4n) is 3.97. The van der Waals surface area contributed by atoms with Crippen LogP contribution in [-0.4, -0.2) is 35.9 Å². The Hall–Kier alpha value is -3.67. The molecule has 0 saturated carbocycles. The number of nitrogens with zero attached hydrogens (tertiary/aromatic N) is 1. The third-order valence-electron chi connectivity index (χ3n) is 5.81. The summed E-state index contributed by atoms with van der Waals surface area (Å²) in [5, 5.41) is 2.83. The van der Waals surface area contributed by atoms with E-state index in [2.05, 4.69) is 19.2 Å². The number of amides is 2. The van der Waals surface area contributed by atoms with Crippen LogP contribution in [0.3, 0.4) is 0 Å². The fourth-order valence-corrected chi connectivity index (χ4v) is 3.97. The van der Waals surface area contributed by atoms with Crippen molar-refractivity contribution in [1.29, 1.82) is 0 Å². The molecule has 35 heavy (non-hydrogen) atoms. The Morgan fingerprint density at radius 3 is 2.29 bits per heavy atom. The van der Waals surface area contributed by atoms with Crippen molar-refractivity contribution in [2.75, 3.05) is 13.2 Å². The molecule has 0 saturated heterocycles. The van der Waals surface area contributed by atoms with Crippen LogP contribution < -0.4 is 10.1 Å². The molecular formula is C29H33FN2O3. The van der Waals surface area contributed by atoms with E-state index < -0.39 is 11.9 Å². The molecule has 0 fully saturated rings. The average molecular weight is 477 g/mol. The molecule has 1 atom stereocenters. The Balaban J connectivity index is 1.92. The number of benzene rings is 3. The maximum atomic E-state index is 14.6. The molecule has 0 heterocycles. The van der Waals surface area contributed by atoms with E-state index in [0.717, 1.165) is 11.1 Å². The molecule has 0 aromatic heterocycles. The van der Waals surface area contributed by atoms with Gasteiger partial charge < -0.3 is 15.0 Å². The normalized spacial score (nSPS) is 11.7. The maximum absolute atomic E-state index is 14.6. The van der Waals surface area contributed by atoms with Crippen molar-refractivity contribution < 1.29 is 18.7 Å². The van der Waals surface area contributed by atoms with Crippen LogP contribution >= 0.6 is 0 Å². The third kappa shape index (κ3) is 7.15. The van der Waals surface area contributed by atoms with Gasteiger partial charge in [0, 0.05) is 25.1 Å². The number of rotatable bonds is 11. The lowest BCUT2D eigenvalue weighted by molar-refractivity contribution is -0.142. The molecule has 1 N–H and O–H groups in total. The van der Waals surface area contributed by atoms with Crippen molar-refractivity contribution >= 4 is 11.8 Å². The van der Waals surface area contributed by atoms with Crippen LogP contribution in [-0.2, 0) is 22.6 Å². The SMILES string of the molecule is CCNC(=O)[C@@H](Cc1ccccc1)N(Cc1ccccc1F)C(=O)COc1ccccc1C(C)C. The molecule has 0 aliphatic carbocycles. The summed E-state index contributed by atoms with van der Waals surface area (Å²) in [5.74, 6) is -0.260.